The normalized spacial score (nSPS) is 18.0. The molecule has 0 fully saturated rings. The monoisotopic (exact) mass is 628 g/mol. The summed E-state index contributed by atoms with van der Waals surface area (Å²) >= 11 is 11.5. The van der Waals surface area contributed by atoms with Crippen molar-refractivity contribution in [2.75, 3.05) is 0 Å². The summed E-state index contributed by atoms with van der Waals surface area (Å²) in [5.41, 5.74) is -0.682. The third kappa shape index (κ3) is 6.44. The van der Waals surface area contributed by atoms with Crippen molar-refractivity contribution in [3.8, 4) is 0 Å². The Hall–Kier alpha value is -2.95. The predicted octanol–water partition coefficient (Wildman–Crippen LogP) is 7.91. The van der Waals surface area contributed by atoms with Gasteiger partial charge in [0, 0.05) is 17.5 Å². The minimum Gasteiger partial charge on any atom is -0.374 e. The third-order valence-corrected chi connectivity index (χ3v) is 8.32. The van der Waals surface area contributed by atoms with Crippen molar-refractivity contribution in [2.45, 2.75) is 57.1 Å². The molecule has 218 valence electrons. The number of hydrogen-bond donors (Lipinski definition) is 1. The van der Waals surface area contributed by atoms with E-state index < -0.39 is 56.5 Å². The number of nitrogens with zero attached hydrogens (tertiary/aromatic N) is 1. The Bertz CT molecular complexity index is 1530. The molecule has 41 heavy (non-hydrogen) atoms. The standard InChI is InChI=1S/C29H26Cl2F4N2O3S/c1-16-11-18(24-14-28(40-36-24,29(33,34)35)20-12-22(30)25(32)23(31)13-20)7-10-21(16)26(38)37-41(39)15-17-5-8-19(9-6-17)27(2,3)4/h5-13H,14-15H2,1-4H3,(H,37,38). The second-order valence-electron chi connectivity index (χ2n) is 10.8. The Morgan fingerprint density at radius 1 is 1.05 bits per heavy atom. The van der Waals surface area contributed by atoms with E-state index >= 15 is 0 Å². The molecule has 4 rings (SSSR count). The molecular formula is C29H26Cl2F4N2O3S. The Kier molecular flexibility index (Phi) is 8.60. The summed E-state index contributed by atoms with van der Waals surface area (Å²) in [5.74, 6) is -1.53. The van der Waals surface area contributed by atoms with E-state index in [1.165, 1.54) is 18.2 Å². The van der Waals surface area contributed by atoms with Crippen LogP contribution in [0.15, 0.2) is 59.8 Å². The van der Waals surface area contributed by atoms with Gasteiger partial charge in [-0.15, -0.1) is 0 Å². The molecule has 1 amide bonds. The van der Waals surface area contributed by atoms with Gasteiger partial charge >= 0.3 is 6.18 Å². The van der Waals surface area contributed by atoms with Crippen LogP contribution in [0, 0.1) is 12.7 Å². The van der Waals surface area contributed by atoms with Gasteiger partial charge in [0.15, 0.2) is 5.82 Å². The topological polar surface area (TPSA) is 67.8 Å². The van der Waals surface area contributed by atoms with Crippen LogP contribution in [0.3, 0.4) is 0 Å². The van der Waals surface area contributed by atoms with Gasteiger partial charge in [-0.05, 0) is 58.9 Å². The highest BCUT2D eigenvalue weighted by atomic mass is 35.5. The van der Waals surface area contributed by atoms with Crippen LogP contribution in [0.5, 0.6) is 0 Å². The summed E-state index contributed by atoms with van der Waals surface area (Å²) in [4.78, 5) is 17.8. The molecule has 1 heterocycles. The lowest BCUT2D eigenvalue weighted by molar-refractivity contribution is -0.275. The summed E-state index contributed by atoms with van der Waals surface area (Å²) in [6, 6.07) is 13.6. The van der Waals surface area contributed by atoms with Crippen LogP contribution in [0.1, 0.15) is 65.4 Å². The zero-order valence-electron chi connectivity index (χ0n) is 22.5. The van der Waals surface area contributed by atoms with Gasteiger partial charge < -0.3 is 4.84 Å². The van der Waals surface area contributed by atoms with E-state index in [0.717, 1.165) is 23.3 Å². The smallest absolute Gasteiger partial charge is 0.374 e. The van der Waals surface area contributed by atoms with Crippen molar-refractivity contribution in [1.29, 1.82) is 0 Å². The molecule has 1 N–H and O–H groups in total. The van der Waals surface area contributed by atoms with Gasteiger partial charge in [-0.25, -0.2) is 8.60 Å². The van der Waals surface area contributed by atoms with Gasteiger partial charge in [0.05, 0.1) is 21.5 Å². The molecule has 3 aromatic carbocycles. The first-order valence-corrected chi connectivity index (χ1v) is 14.5. The molecule has 2 unspecified atom stereocenters. The van der Waals surface area contributed by atoms with Crippen LogP contribution in [-0.4, -0.2) is 22.0 Å². The Labute approximate surface area is 247 Å². The lowest BCUT2D eigenvalue weighted by atomic mass is 9.86. The Balaban J connectivity index is 1.49. The maximum Gasteiger partial charge on any atom is 0.435 e. The second kappa shape index (κ2) is 11.4. The molecule has 0 spiro atoms. The number of carbonyl (C=O) groups excluding carboxylic acids is 1. The average Bonchev–Trinajstić information content (AvgIpc) is 3.34. The van der Waals surface area contributed by atoms with E-state index in [0.29, 0.717) is 5.56 Å². The lowest BCUT2D eigenvalue weighted by Gasteiger charge is -2.29. The summed E-state index contributed by atoms with van der Waals surface area (Å²) in [7, 11) is -1.71. The highest BCUT2D eigenvalue weighted by Crippen LogP contribution is 2.50. The maximum atomic E-state index is 14.3. The maximum absolute atomic E-state index is 14.3. The number of hydrogen-bond acceptors (Lipinski definition) is 4. The molecule has 0 bridgehead atoms. The van der Waals surface area contributed by atoms with Crippen molar-refractivity contribution in [3.05, 3.63) is 104 Å². The van der Waals surface area contributed by atoms with Crippen LogP contribution in [0.2, 0.25) is 10.0 Å². The number of amides is 1. The van der Waals surface area contributed by atoms with Crippen molar-refractivity contribution in [2.24, 2.45) is 5.16 Å². The van der Waals surface area contributed by atoms with Crippen LogP contribution in [0.25, 0.3) is 0 Å². The highest BCUT2D eigenvalue weighted by molar-refractivity contribution is 7.82. The molecule has 0 radical (unpaired) electrons. The molecule has 0 saturated carbocycles. The largest absolute Gasteiger partial charge is 0.435 e. The van der Waals surface area contributed by atoms with Crippen molar-refractivity contribution in [3.63, 3.8) is 0 Å². The third-order valence-electron chi connectivity index (χ3n) is 6.76. The van der Waals surface area contributed by atoms with Crippen molar-refractivity contribution >= 4 is 45.8 Å². The number of rotatable bonds is 6. The number of benzene rings is 3. The quantitative estimate of drug-likeness (QED) is 0.223. The van der Waals surface area contributed by atoms with E-state index in [-0.39, 0.29) is 28.0 Å². The van der Waals surface area contributed by atoms with E-state index in [1.807, 2.05) is 24.3 Å². The van der Waals surface area contributed by atoms with Gasteiger partial charge in [0.25, 0.3) is 11.5 Å². The van der Waals surface area contributed by atoms with Gasteiger partial charge in [0.1, 0.15) is 11.0 Å². The minimum atomic E-state index is -4.95. The first-order chi connectivity index (χ1) is 19.0. The fourth-order valence-electron chi connectivity index (χ4n) is 4.39. The van der Waals surface area contributed by atoms with Crippen LogP contribution in [-0.2, 0) is 32.6 Å². The molecule has 1 aliphatic heterocycles. The number of oxime groups is 1. The summed E-state index contributed by atoms with van der Waals surface area (Å²) in [5, 5.41) is 2.51. The Morgan fingerprint density at radius 2 is 1.66 bits per heavy atom. The van der Waals surface area contributed by atoms with Crippen molar-refractivity contribution < 1.29 is 31.4 Å². The SMILES string of the molecule is Cc1cc(C2=NOC(c3cc(Cl)c(F)c(Cl)c3)(C(F)(F)F)C2)ccc1C(=O)NS(=O)Cc1ccc(C(C)(C)C)cc1. The zero-order chi connectivity index (χ0) is 30.3. The van der Waals surface area contributed by atoms with E-state index in [4.69, 9.17) is 28.0 Å². The van der Waals surface area contributed by atoms with E-state index in [2.05, 4.69) is 30.6 Å². The predicted molar refractivity (Wildman–Crippen MR) is 152 cm³/mol. The number of nitrogens with one attached hydrogen (secondary N) is 1. The molecule has 0 aromatic heterocycles. The average molecular weight is 630 g/mol. The number of aryl methyl sites for hydroxylation is 1. The number of halogens is 6. The summed E-state index contributed by atoms with van der Waals surface area (Å²) in [6.45, 7) is 7.86. The molecule has 0 saturated heterocycles. The first-order valence-electron chi connectivity index (χ1n) is 12.4. The fourth-order valence-corrected chi connectivity index (χ4v) is 5.76. The molecular weight excluding hydrogens is 603 g/mol. The summed E-state index contributed by atoms with van der Waals surface area (Å²) in [6.07, 6.45) is -5.69. The molecule has 12 heteroatoms. The van der Waals surface area contributed by atoms with Gasteiger partial charge in [-0.1, -0.05) is 79.5 Å². The highest BCUT2D eigenvalue weighted by Gasteiger charge is 2.62. The zero-order valence-corrected chi connectivity index (χ0v) is 24.8. The van der Waals surface area contributed by atoms with Gasteiger partial charge in [-0.2, -0.15) is 13.2 Å². The van der Waals surface area contributed by atoms with Gasteiger partial charge in [0.2, 0.25) is 0 Å². The van der Waals surface area contributed by atoms with E-state index in [1.54, 1.807) is 6.92 Å². The molecule has 1 aliphatic rings. The molecule has 3 aromatic rings. The van der Waals surface area contributed by atoms with Crippen LogP contribution < -0.4 is 4.72 Å². The molecule has 5 nitrogen and oxygen atoms in total. The molecule has 2 atom stereocenters. The second-order valence-corrected chi connectivity index (χ2v) is 12.8. The van der Waals surface area contributed by atoms with Crippen LogP contribution in [0.4, 0.5) is 17.6 Å². The van der Waals surface area contributed by atoms with Gasteiger partial charge in [-0.3, -0.25) is 9.52 Å². The number of carbonyl (C=O) groups is 1. The first kappa shape index (κ1) is 31.0. The Morgan fingerprint density at radius 3 is 2.20 bits per heavy atom. The van der Waals surface area contributed by atoms with Crippen molar-refractivity contribution in [1.82, 2.24) is 4.72 Å². The summed E-state index contributed by atoms with van der Waals surface area (Å²) < 4.78 is 71.9. The van der Waals surface area contributed by atoms with E-state index in [9.17, 15) is 26.6 Å². The van der Waals surface area contributed by atoms with Crippen LogP contribution >= 0.6 is 23.2 Å². The molecule has 0 aliphatic carbocycles. The number of alkyl halides is 3. The fraction of sp³-hybridized carbons (Fsp3) is 0.310. The minimum absolute atomic E-state index is 0.0254. The lowest BCUT2D eigenvalue weighted by Crippen LogP contribution is -2.42.